The minimum Gasteiger partial charge on any atom is -0.0771 e. The van der Waals surface area contributed by atoms with Gasteiger partial charge in [-0.3, -0.25) is 0 Å². The van der Waals surface area contributed by atoms with E-state index in [1.807, 2.05) is 0 Å². The second-order valence-electron chi connectivity index (χ2n) is 8.76. The Bertz CT molecular complexity index is 586. The first-order valence-electron chi connectivity index (χ1n) is 11.2. The quantitative estimate of drug-likeness (QED) is 0.414. The van der Waals surface area contributed by atoms with Crippen LogP contribution in [0.4, 0.5) is 0 Å². The van der Waals surface area contributed by atoms with Crippen molar-refractivity contribution in [3.05, 3.63) is 54.1 Å². The molecular weight excluding hydrogens is 312 g/mol. The smallest absolute Gasteiger partial charge is 0.00520 e. The first kappa shape index (κ1) is 19.5. The molecule has 2 aliphatic carbocycles. The lowest BCUT2D eigenvalue weighted by molar-refractivity contribution is 0.129. The summed E-state index contributed by atoms with van der Waals surface area (Å²) >= 11 is 0. The fourth-order valence-electron chi connectivity index (χ4n) is 5.40. The summed E-state index contributed by atoms with van der Waals surface area (Å²) in [5, 5.41) is 0. The van der Waals surface area contributed by atoms with E-state index in [0.717, 1.165) is 11.8 Å². The number of rotatable bonds is 8. The Morgan fingerprint density at radius 2 is 1.69 bits per heavy atom. The van der Waals surface area contributed by atoms with Gasteiger partial charge in [0.05, 0.1) is 0 Å². The minimum atomic E-state index is 0.432. The summed E-state index contributed by atoms with van der Waals surface area (Å²) in [7, 11) is 0. The molecule has 1 aromatic rings. The number of unbranched alkanes of at least 4 members (excludes halogenated alkanes) is 2. The summed E-state index contributed by atoms with van der Waals surface area (Å²) in [6.07, 6.45) is 23.0. The van der Waals surface area contributed by atoms with Crippen LogP contribution in [0.5, 0.6) is 0 Å². The molecule has 2 aliphatic rings. The average Bonchev–Trinajstić information content (AvgIpc) is 2.70. The zero-order valence-electron chi connectivity index (χ0n) is 17.1. The van der Waals surface area contributed by atoms with Crippen molar-refractivity contribution < 1.29 is 0 Å². The number of hydrogen-bond donors (Lipinski definition) is 0. The number of benzene rings is 1. The molecule has 1 atom stereocenters. The van der Waals surface area contributed by atoms with Crippen molar-refractivity contribution in [2.45, 2.75) is 84.5 Å². The third-order valence-corrected chi connectivity index (χ3v) is 7.00. The molecule has 0 saturated heterocycles. The molecule has 142 valence electrons. The molecule has 0 heteroatoms. The van der Waals surface area contributed by atoms with Crippen molar-refractivity contribution in [1.82, 2.24) is 0 Å². The van der Waals surface area contributed by atoms with Gasteiger partial charge in [-0.2, -0.15) is 0 Å². The van der Waals surface area contributed by atoms with E-state index < -0.39 is 0 Å². The zero-order chi connectivity index (χ0) is 18.2. The summed E-state index contributed by atoms with van der Waals surface area (Å²) in [5.74, 6) is 1.91. The Balaban J connectivity index is 1.62. The molecule has 1 unspecified atom stereocenters. The summed E-state index contributed by atoms with van der Waals surface area (Å²) in [4.78, 5) is 0. The monoisotopic (exact) mass is 350 g/mol. The Hall–Kier alpha value is -1.30. The van der Waals surface area contributed by atoms with Gasteiger partial charge in [0.2, 0.25) is 0 Å². The van der Waals surface area contributed by atoms with Gasteiger partial charge in [0.25, 0.3) is 0 Å². The van der Waals surface area contributed by atoms with Crippen LogP contribution in [0.15, 0.2) is 48.6 Å². The first-order chi connectivity index (χ1) is 12.8. The molecule has 1 fully saturated rings. The predicted octanol–water partition coefficient (Wildman–Crippen LogP) is 8.20. The Kier molecular flexibility index (Phi) is 7.17. The lowest BCUT2D eigenvalue weighted by Gasteiger charge is -2.43. The second-order valence-corrected chi connectivity index (χ2v) is 8.76. The predicted molar refractivity (Wildman–Crippen MR) is 115 cm³/mol. The molecule has 0 aliphatic heterocycles. The van der Waals surface area contributed by atoms with Gasteiger partial charge in [-0.25, -0.2) is 0 Å². The van der Waals surface area contributed by atoms with Gasteiger partial charge in [-0.1, -0.05) is 107 Å². The van der Waals surface area contributed by atoms with Crippen LogP contribution < -0.4 is 0 Å². The van der Waals surface area contributed by atoms with Gasteiger partial charge < -0.3 is 0 Å². The maximum absolute atomic E-state index is 2.61. The molecule has 1 aromatic carbocycles. The topological polar surface area (TPSA) is 0 Å². The standard InChI is InChI=1S/C26H38/c1-3-5-7-10-22-13-15-25(16-14-22)26(19-4-2)20-17-24(18-21-26)23-11-8-6-9-12-23/h6,8-9,11-12,17-18,20,22,25H,3-5,7,10,13-16,19,21H2,1-2H3. The molecule has 0 N–H and O–H groups in total. The fourth-order valence-corrected chi connectivity index (χ4v) is 5.40. The molecule has 0 bridgehead atoms. The van der Waals surface area contributed by atoms with Crippen LogP contribution in [-0.2, 0) is 0 Å². The largest absolute Gasteiger partial charge is 0.0771 e. The highest BCUT2D eigenvalue weighted by atomic mass is 14.4. The van der Waals surface area contributed by atoms with Crippen molar-refractivity contribution in [1.29, 1.82) is 0 Å². The van der Waals surface area contributed by atoms with Crippen molar-refractivity contribution in [3.8, 4) is 0 Å². The van der Waals surface area contributed by atoms with Crippen LogP contribution >= 0.6 is 0 Å². The normalized spacial score (nSPS) is 28.8. The Labute approximate surface area is 161 Å². The molecule has 0 aromatic heterocycles. The van der Waals surface area contributed by atoms with E-state index in [0.29, 0.717) is 5.41 Å². The molecule has 3 rings (SSSR count). The molecule has 0 radical (unpaired) electrons. The van der Waals surface area contributed by atoms with Crippen molar-refractivity contribution in [2.75, 3.05) is 0 Å². The van der Waals surface area contributed by atoms with Gasteiger partial charge in [-0.05, 0) is 54.1 Å². The maximum Gasteiger partial charge on any atom is -0.00520 e. The van der Waals surface area contributed by atoms with Gasteiger partial charge >= 0.3 is 0 Å². The van der Waals surface area contributed by atoms with Crippen molar-refractivity contribution in [2.24, 2.45) is 17.3 Å². The summed E-state index contributed by atoms with van der Waals surface area (Å²) in [5.41, 5.74) is 3.22. The first-order valence-corrected chi connectivity index (χ1v) is 11.2. The molecule has 0 heterocycles. The Morgan fingerprint density at radius 1 is 0.923 bits per heavy atom. The third kappa shape index (κ3) is 4.70. The summed E-state index contributed by atoms with van der Waals surface area (Å²) < 4.78 is 0. The van der Waals surface area contributed by atoms with E-state index in [9.17, 15) is 0 Å². The van der Waals surface area contributed by atoms with Gasteiger partial charge in [-0.15, -0.1) is 0 Å². The van der Waals surface area contributed by atoms with E-state index in [1.165, 1.54) is 81.8 Å². The van der Waals surface area contributed by atoms with Crippen LogP contribution in [0.25, 0.3) is 5.57 Å². The van der Waals surface area contributed by atoms with E-state index in [2.05, 4.69) is 62.4 Å². The lowest BCUT2D eigenvalue weighted by Crippen LogP contribution is -2.32. The molecule has 0 nitrogen and oxygen atoms in total. The van der Waals surface area contributed by atoms with Crippen LogP contribution in [0.1, 0.15) is 90.0 Å². The summed E-state index contributed by atoms with van der Waals surface area (Å²) in [6, 6.07) is 10.9. The number of allylic oxidation sites excluding steroid dienone is 4. The SMILES string of the molecule is CCCCCC1CCC(C2(CCC)C=CC(c3ccccc3)=CC2)CC1. The van der Waals surface area contributed by atoms with Crippen LogP contribution in [-0.4, -0.2) is 0 Å². The average molecular weight is 351 g/mol. The third-order valence-electron chi connectivity index (χ3n) is 7.00. The van der Waals surface area contributed by atoms with Gasteiger partial charge in [0.15, 0.2) is 0 Å². The zero-order valence-corrected chi connectivity index (χ0v) is 17.1. The Morgan fingerprint density at radius 3 is 2.31 bits per heavy atom. The molecule has 1 saturated carbocycles. The van der Waals surface area contributed by atoms with Crippen LogP contribution in [0.2, 0.25) is 0 Å². The second kappa shape index (κ2) is 9.58. The highest BCUT2D eigenvalue weighted by Gasteiger charge is 2.38. The molecular formula is C26H38. The van der Waals surface area contributed by atoms with Gasteiger partial charge in [0, 0.05) is 0 Å². The van der Waals surface area contributed by atoms with Crippen molar-refractivity contribution >= 4 is 5.57 Å². The van der Waals surface area contributed by atoms with E-state index >= 15 is 0 Å². The van der Waals surface area contributed by atoms with E-state index in [1.54, 1.807) is 0 Å². The molecule has 26 heavy (non-hydrogen) atoms. The van der Waals surface area contributed by atoms with Crippen LogP contribution in [0, 0.1) is 17.3 Å². The maximum atomic E-state index is 2.61. The van der Waals surface area contributed by atoms with E-state index in [-0.39, 0.29) is 0 Å². The van der Waals surface area contributed by atoms with Gasteiger partial charge in [0.1, 0.15) is 0 Å². The van der Waals surface area contributed by atoms with E-state index in [4.69, 9.17) is 0 Å². The molecule has 0 amide bonds. The molecule has 0 spiro atoms. The lowest BCUT2D eigenvalue weighted by atomic mass is 9.61. The van der Waals surface area contributed by atoms with Crippen LogP contribution in [0.3, 0.4) is 0 Å². The highest BCUT2D eigenvalue weighted by Crippen LogP contribution is 2.49. The number of hydrogen-bond acceptors (Lipinski definition) is 0. The fraction of sp³-hybridized carbons (Fsp3) is 0.615. The summed E-state index contributed by atoms with van der Waals surface area (Å²) in [6.45, 7) is 4.68. The highest BCUT2D eigenvalue weighted by molar-refractivity contribution is 5.75. The minimum absolute atomic E-state index is 0.432. The van der Waals surface area contributed by atoms with Crippen molar-refractivity contribution in [3.63, 3.8) is 0 Å².